The maximum atomic E-state index is 5.40. The lowest BCUT2D eigenvalue weighted by Crippen LogP contribution is -2.50. The molecule has 1 aromatic rings. The Morgan fingerprint density at radius 1 is 1.26 bits per heavy atom. The van der Waals surface area contributed by atoms with Gasteiger partial charge in [-0.05, 0) is 44.7 Å². The number of nitrogens with one attached hydrogen (secondary N) is 2. The van der Waals surface area contributed by atoms with Crippen molar-refractivity contribution in [2.24, 2.45) is 4.99 Å². The van der Waals surface area contributed by atoms with Crippen molar-refractivity contribution < 1.29 is 4.42 Å². The molecule has 0 unspecified atom stereocenters. The van der Waals surface area contributed by atoms with Gasteiger partial charge in [-0.3, -0.25) is 0 Å². The zero-order valence-corrected chi connectivity index (χ0v) is 18.9. The van der Waals surface area contributed by atoms with Crippen LogP contribution in [0.4, 0.5) is 0 Å². The Kier molecular flexibility index (Phi) is 9.68. The normalized spacial score (nSPS) is 19.7. The van der Waals surface area contributed by atoms with Crippen molar-refractivity contribution in [2.45, 2.75) is 64.0 Å². The molecule has 5 nitrogen and oxygen atoms in total. The Morgan fingerprint density at radius 2 is 2.00 bits per heavy atom. The zero-order chi connectivity index (χ0) is 18.2. The molecule has 0 atom stereocenters. The van der Waals surface area contributed by atoms with Crippen LogP contribution in [0.25, 0.3) is 0 Å². The van der Waals surface area contributed by atoms with Gasteiger partial charge in [0.15, 0.2) is 5.96 Å². The van der Waals surface area contributed by atoms with Crippen LogP contribution >= 0.6 is 24.0 Å². The summed E-state index contributed by atoms with van der Waals surface area (Å²) < 4.78 is 5.40. The first-order chi connectivity index (χ1) is 12.7. The summed E-state index contributed by atoms with van der Waals surface area (Å²) in [5.41, 5.74) is 1.08. The lowest BCUT2D eigenvalue weighted by molar-refractivity contribution is 0.150. The van der Waals surface area contributed by atoms with E-state index >= 15 is 0 Å². The van der Waals surface area contributed by atoms with E-state index in [9.17, 15) is 0 Å². The van der Waals surface area contributed by atoms with E-state index in [1.165, 1.54) is 51.6 Å². The Labute approximate surface area is 181 Å². The fraction of sp³-hybridized carbons (Fsp3) is 0.667. The van der Waals surface area contributed by atoms with Crippen molar-refractivity contribution >= 4 is 29.9 Å². The molecule has 6 heteroatoms. The molecule has 1 aliphatic heterocycles. The van der Waals surface area contributed by atoms with Crippen LogP contribution in [0.2, 0.25) is 0 Å². The van der Waals surface area contributed by atoms with Crippen molar-refractivity contribution in [3.8, 4) is 0 Å². The first-order valence-corrected chi connectivity index (χ1v) is 10.2. The maximum Gasteiger partial charge on any atom is 0.191 e. The molecule has 0 amide bonds. The molecule has 0 radical (unpaired) electrons. The van der Waals surface area contributed by atoms with Crippen LogP contribution in [0.1, 0.15) is 51.2 Å². The quantitative estimate of drug-likeness (QED) is 0.265. The zero-order valence-electron chi connectivity index (χ0n) is 16.6. The first kappa shape index (κ1) is 22.3. The molecule has 0 aromatic carbocycles. The van der Waals surface area contributed by atoms with Crippen LogP contribution in [0.5, 0.6) is 0 Å². The van der Waals surface area contributed by atoms with E-state index < -0.39 is 0 Å². The van der Waals surface area contributed by atoms with Gasteiger partial charge in [-0.1, -0.05) is 25.0 Å². The highest BCUT2D eigenvalue weighted by molar-refractivity contribution is 14.0. The third kappa shape index (κ3) is 7.49. The van der Waals surface area contributed by atoms with Crippen LogP contribution in [0.15, 0.2) is 40.0 Å². The molecule has 152 valence electrons. The molecule has 1 aromatic heterocycles. The van der Waals surface area contributed by atoms with E-state index in [1.807, 2.05) is 19.1 Å². The van der Waals surface area contributed by atoms with Crippen molar-refractivity contribution in [1.29, 1.82) is 0 Å². The topological polar surface area (TPSA) is 52.8 Å². The van der Waals surface area contributed by atoms with E-state index in [4.69, 9.17) is 4.42 Å². The first-order valence-electron chi connectivity index (χ1n) is 10.2. The van der Waals surface area contributed by atoms with Crippen LogP contribution < -0.4 is 10.6 Å². The van der Waals surface area contributed by atoms with Crippen molar-refractivity contribution in [1.82, 2.24) is 15.5 Å². The van der Waals surface area contributed by atoms with Gasteiger partial charge in [-0.15, -0.1) is 24.0 Å². The Hall–Kier alpha value is -1.02. The number of guanidine groups is 1. The third-order valence-electron chi connectivity index (χ3n) is 5.46. The van der Waals surface area contributed by atoms with Gasteiger partial charge in [0, 0.05) is 38.1 Å². The number of nitrogens with zero attached hydrogens (tertiary/aromatic N) is 2. The van der Waals surface area contributed by atoms with Gasteiger partial charge in [0.1, 0.15) is 5.76 Å². The van der Waals surface area contributed by atoms with Crippen molar-refractivity contribution in [2.75, 3.05) is 26.2 Å². The number of hydrogen-bond acceptors (Lipinski definition) is 3. The van der Waals surface area contributed by atoms with Gasteiger partial charge in [-0.25, -0.2) is 4.99 Å². The number of furan rings is 1. The summed E-state index contributed by atoms with van der Waals surface area (Å²) >= 11 is 0. The number of rotatable bonds is 7. The highest BCUT2D eigenvalue weighted by Gasteiger charge is 2.27. The lowest BCUT2D eigenvalue weighted by Gasteiger charge is -2.36. The maximum absolute atomic E-state index is 5.40. The highest BCUT2D eigenvalue weighted by atomic mass is 127. The molecule has 2 aliphatic rings. The Balaban J connectivity index is 0.00000261. The summed E-state index contributed by atoms with van der Waals surface area (Å²) in [5, 5.41) is 7.09. The second kappa shape index (κ2) is 11.7. The molecule has 1 aliphatic carbocycles. The second-order valence-corrected chi connectivity index (χ2v) is 7.77. The number of hydrogen-bond donors (Lipinski definition) is 2. The summed E-state index contributed by atoms with van der Waals surface area (Å²) in [4.78, 5) is 7.39. The second-order valence-electron chi connectivity index (χ2n) is 7.77. The molecule has 1 saturated heterocycles. The molecule has 27 heavy (non-hydrogen) atoms. The molecular formula is C21H35IN4O. The predicted octanol–water partition coefficient (Wildman–Crippen LogP) is 3.96. The Bertz CT molecular complexity index is 573. The van der Waals surface area contributed by atoms with Gasteiger partial charge in [0.25, 0.3) is 0 Å². The number of likely N-dealkylation sites (tertiary alicyclic amines) is 1. The summed E-state index contributed by atoms with van der Waals surface area (Å²) in [7, 11) is 0. The fourth-order valence-electron chi connectivity index (χ4n) is 4.00. The van der Waals surface area contributed by atoms with E-state index in [2.05, 4.69) is 27.1 Å². The van der Waals surface area contributed by atoms with Crippen LogP contribution in [0, 0.1) is 0 Å². The van der Waals surface area contributed by atoms with Gasteiger partial charge < -0.3 is 20.0 Å². The molecule has 1 saturated carbocycles. The Morgan fingerprint density at radius 3 is 2.63 bits per heavy atom. The molecule has 3 rings (SSSR count). The third-order valence-corrected chi connectivity index (χ3v) is 5.46. The van der Waals surface area contributed by atoms with Crippen LogP contribution in [0.3, 0.4) is 0 Å². The molecule has 2 fully saturated rings. The lowest BCUT2D eigenvalue weighted by atomic mass is 10.0. The molecule has 0 bridgehead atoms. The molecule has 2 N–H and O–H groups in total. The van der Waals surface area contributed by atoms with Crippen LogP contribution in [-0.2, 0) is 6.42 Å². The molecular weight excluding hydrogens is 451 g/mol. The van der Waals surface area contributed by atoms with Gasteiger partial charge in [0.05, 0.1) is 12.8 Å². The van der Waals surface area contributed by atoms with Crippen molar-refractivity contribution in [3.63, 3.8) is 0 Å². The number of halogens is 1. The highest BCUT2D eigenvalue weighted by Crippen LogP contribution is 2.26. The van der Waals surface area contributed by atoms with E-state index in [-0.39, 0.29) is 24.0 Å². The minimum Gasteiger partial charge on any atom is -0.469 e. The minimum atomic E-state index is 0. The van der Waals surface area contributed by atoms with E-state index in [1.54, 1.807) is 6.26 Å². The summed E-state index contributed by atoms with van der Waals surface area (Å²) in [6, 6.07) is 5.30. The largest absolute Gasteiger partial charge is 0.469 e. The number of aliphatic imine (C=N–C) groups is 1. The fourth-order valence-corrected chi connectivity index (χ4v) is 4.00. The van der Waals surface area contributed by atoms with E-state index in [0.29, 0.717) is 12.6 Å². The average molecular weight is 486 g/mol. The van der Waals surface area contributed by atoms with Gasteiger partial charge in [-0.2, -0.15) is 0 Å². The minimum absolute atomic E-state index is 0. The van der Waals surface area contributed by atoms with E-state index in [0.717, 1.165) is 36.3 Å². The van der Waals surface area contributed by atoms with Gasteiger partial charge >= 0.3 is 0 Å². The predicted molar refractivity (Wildman–Crippen MR) is 123 cm³/mol. The monoisotopic (exact) mass is 486 g/mol. The summed E-state index contributed by atoms with van der Waals surface area (Å²) in [5.74, 6) is 1.90. The smallest absolute Gasteiger partial charge is 0.191 e. The van der Waals surface area contributed by atoms with Crippen LogP contribution in [-0.4, -0.2) is 49.1 Å². The average Bonchev–Trinajstić information content (AvgIpc) is 3.34. The standard InChI is InChI=1S/C21H34N4O.HI/c1-17(2)16-23-21(22-12-9-20-8-5-15-26-20)24-18-10-13-25(14-11-18)19-6-3-4-7-19;/h5,8,15,18-19H,1,3-4,6-7,9-14,16H2,2H3,(H2,22,23,24);1H. The molecule has 0 spiro atoms. The van der Waals surface area contributed by atoms with Crippen molar-refractivity contribution in [3.05, 3.63) is 36.3 Å². The summed E-state index contributed by atoms with van der Waals surface area (Å²) in [6.07, 6.45) is 10.6. The molecule has 2 heterocycles. The number of piperidine rings is 1. The summed E-state index contributed by atoms with van der Waals surface area (Å²) in [6.45, 7) is 9.88. The SMILES string of the molecule is C=C(C)CN=C(NCCc1ccco1)NC1CCN(C2CCCC2)CC1.I. The van der Waals surface area contributed by atoms with Gasteiger partial charge in [0.2, 0.25) is 0 Å².